The van der Waals surface area contributed by atoms with Crippen molar-refractivity contribution in [1.29, 1.82) is 0 Å². The average molecular weight is 359 g/mol. The molecule has 0 bridgehead atoms. The van der Waals surface area contributed by atoms with Crippen LogP contribution in [0.4, 0.5) is 8.78 Å². The third-order valence-electron chi connectivity index (χ3n) is 5.08. The molecule has 0 saturated carbocycles. The van der Waals surface area contributed by atoms with Gasteiger partial charge in [-0.25, -0.2) is 8.78 Å². The van der Waals surface area contributed by atoms with Crippen LogP contribution in [0, 0.1) is 24.5 Å². The van der Waals surface area contributed by atoms with Crippen LogP contribution in [0.1, 0.15) is 40.7 Å². The first-order chi connectivity index (χ1) is 12.4. The molecule has 2 aromatic rings. The number of amides is 1. The fourth-order valence-electron chi connectivity index (χ4n) is 3.52. The summed E-state index contributed by atoms with van der Waals surface area (Å²) in [6.07, 6.45) is 3.47. The number of carbonyl (C=O) groups excluding carboxylic acids is 1. The van der Waals surface area contributed by atoms with Gasteiger partial charge in [-0.15, -0.1) is 0 Å². The molecule has 1 aliphatic rings. The van der Waals surface area contributed by atoms with Crippen LogP contribution in [0.3, 0.4) is 0 Å². The van der Waals surface area contributed by atoms with Crippen LogP contribution in [0.2, 0.25) is 0 Å². The van der Waals surface area contributed by atoms with E-state index in [9.17, 15) is 18.7 Å². The number of rotatable bonds is 4. The van der Waals surface area contributed by atoms with Gasteiger partial charge in [-0.2, -0.15) is 0 Å². The second-order valence-corrected chi connectivity index (χ2v) is 7.05. The highest BCUT2D eigenvalue weighted by Crippen LogP contribution is 2.25. The number of likely N-dealkylation sites (tertiary alicyclic amines) is 1. The minimum atomic E-state index is -0.827. The lowest BCUT2D eigenvalue weighted by Gasteiger charge is -2.33. The number of aromatic hydroxyl groups is 1. The van der Waals surface area contributed by atoms with Crippen LogP contribution >= 0.6 is 0 Å². The first kappa shape index (κ1) is 18.4. The van der Waals surface area contributed by atoms with Crippen molar-refractivity contribution >= 4 is 5.91 Å². The fraction of sp³-hybridized carbons (Fsp3) is 0.381. The molecule has 0 aliphatic carbocycles. The second-order valence-electron chi connectivity index (χ2n) is 7.05. The summed E-state index contributed by atoms with van der Waals surface area (Å²) in [6.45, 7) is 3.16. The van der Waals surface area contributed by atoms with Gasteiger partial charge in [0.1, 0.15) is 5.75 Å². The predicted molar refractivity (Wildman–Crippen MR) is 96.2 cm³/mol. The van der Waals surface area contributed by atoms with Crippen LogP contribution in [-0.2, 0) is 6.42 Å². The van der Waals surface area contributed by atoms with Gasteiger partial charge in [0.15, 0.2) is 11.6 Å². The fourth-order valence-corrected chi connectivity index (χ4v) is 3.52. The number of aryl methyl sites for hydroxylation is 2. The van der Waals surface area contributed by atoms with E-state index in [1.165, 1.54) is 6.07 Å². The molecule has 0 radical (unpaired) electrons. The highest BCUT2D eigenvalue weighted by molar-refractivity contribution is 5.94. The minimum Gasteiger partial charge on any atom is -0.508 e. The molecule has 1 amide bonds. The van der Waals surface area contributed by atoms with E-state index < -0.39 is 11.6 Å². The average Bonchev–Trinajstić information content (AvgIpc) is 2.64. The summed E-state index contributed by atoms with van der Waals surface area (Å²) in [6, 6.07) is 8.93. The molecule has 5 heteroatoms. The summed E-state index contributed by atoms with van der Waals surface area (Å²) in [7, 11) is 0. The number of halogens is 2. The number of piperidine rings is 1. The molecule has 2 aromatic carbocycles. The van der Waals surface area contributed by atoms with Gasteiger partial charge in [-0.3, -0.25) is 4.79 Å². The third-order valence-corrected chi connectivity index (χ3v) is 5.08. The molecule has 1 saturated heterocycles. The summed E-state index contributed by atoms with van der Waals surface area (Å²) in [5, 5.41) is 9.62. The molecule has 0 unspecified atom stereocenters. The van der Waals surface area contributed by atoms with Gasteiger partial charge >= 0.3 is 0 Å². The Labute approximate surface area is 152 Å². The van der Waals surface area contributed by atoms with Crippen molar-refractivity contribution in [3.8, 4) is 5.75 Å². The lowest BCUT2D eigenvalue weighted by molar-refractivity contribution is 0.0668. The topological polar surface area (TPSA) is 40.5 Å². The van der Waals surface area contributed by atoms with E-state index in [2.05, 4.69) is 0 Å². The van der Waals surface area contributed by atoms with E-state index >= 15 is 0 Å². The molecule has 1 atom stereocenters. The van der Waals surface area contributed by atoms with E-state index in [4.69, 9.17) is 0 Å². The number of phenols is 1. The van der Waals surface area contributed by atoms with E-state index in [-0.39, 0.29) is 11.7 Å². The molecule has 1 aliphatic heterocycles. The molecule has 3 rings (SSSR count). The zero-order chi connectivity index (χ0) is 18.7. The van der Waals surface area contributed by atoms with Crippen LogP contribution in [0.5, 0.6) is 5.75 Å². The molecule has 0 aromatic heterocycles. The lowest BCUT2D eigenvalue weighted by atomic mass is 9.91. The number of carbonyl (C=O) groups is 1. The summed E-state index contributed by atoms with van der Waals surface area (Å²) >= 11 is 0. The summed E-state index contributed by atoms with van der Waals surface area (Å²) < 4.78 is 26.3. The first-order valence-electron chi connectivity index (χ1n) is 8.97. The Balaban J connectivity index is 1.60. The van der Waals surface area contributed by atoms with Gasteiger partial charge in [-0.05, 0) is 80.0 Å². The quantitative estimate of drug-likeness (QED) is 0.875. The molecule has 138 valence electrons. The van der Waals surface area contributed by atoms with E-state index in [0.717, 1.165) is 37.4 Å². The minimum absolute atomic E-state index is 0.0226. The molecule has 1 N–H and O–H groups in total. The maximum Gasteiger partial charge on any atom is 0.253 e. The van der Waals surface area contributed by atoms with Crippen molar-refractivity contribution in [2.75, 3.05) is 13.1 Å². The van der Waals surface area contributed by atoms with Gasteiger partial charge in [0.25, 0.3) is 5.91 Å². The van der Waals surface area contributed by atoms with E-state index in [1.54, 1.807) is 31.2 Å². The van der Waals surface area contributed by atoms with Crippen molar-refractivity contribution < 1.29 is 18.7 Å². The van der Waals surface area contributed by atoms with Crippen molar-refractivity contribution in [3.63, 3.8) is 0 Å². The van der Waals surface area contributed by atoms with Crippen molar-refractivity contribution in [3.05, 3.63) is 64.7 Å². The SMILES string of the molecule is Cc1cc(C(=O)N2CCC[C@H](CCc3ccc(F)c(F)c3)C2)ccc1O. The molecule has 0 spiro atoms. The molecule has 3 nitrogen and oxygen atoms in total. The Hall–Kier alpha value is -2.43. The monoisotopic (exact) mass is 359 g/mol. The summed E-state index contributed by atoms with van der Waals surface area (Å²) in [5.41, 5.74) is 2.05. The Morgan fingerprint density at radius 2 is 2.00 bits per heavy atom. The van der Waals surface area contributed by atoms with E-state index in [0.29, 0.717) is 30.0 Å². The molecule has 1 heterocycles. The smallest absolute Gasteiger partial charge is 0.253 e. The Morgan fingerprint density at radius 1 is 1.19 bits per heavy atom. The van der Waals surface area contributed by atoms with Crippen LogP contribution in [0.25, 0.3) is 0 Å². The Morgan fingerprint density at radius 3 is 2.73 bits per heavy atom. The maximum absolute atomic E-state index is 13.3. The second kappa shape index (κ2) is 7.85. The normalized spacial score (nSPS) is 17.3. The largest absolute Gasteiger partial charge is 0.508 e. The van der Waals surface area contributed by atoms with Gasteiger partial charge in [0, 0.05) is 18.7 Å². The number of hydrogen-bond acceptors (Lipinski definition) is 2. The maximum atomic E-state index is 13.3. The van der Waals surface area contributed by atoms with Crippen LogP contribution in [-0.4, -0.2) is 29.0 Å². The first-order valence-corrected chi connectivity index (χ1v) is 8.97. The van der Waals surface area contributed by atoms with Crippen molar-refractivity contribution in [1.82, 2.24) is 4.90 Å². The van der Waals surface area contributed by atoms with Crippen molar-refractivity contribution in [2.45, 2.75) is 32.6 Å². The molecule has 1 fully saturated rings. The number of benzene rings is 2. The van der Waals surface area contributed by atoms with Gasteiger partial charge < -0.3 is 10.0 Å². The Kier molecular flexibility index (Phi) is 5.55. The number of hydrogen-bond donors (Lipinski definition) is 1. The van der Waals surface area contributed by atoms with Crippen molar-refractivity contribution in [2.24, 2.45) is 5.92 Å². The third kappa shape index (κ3) is 4.21. The predicted octanol–water partition coefficient (Wildman–Crippen LogP) is 4.46. The zero-order valence-electron chi connectivity index (χ0n) is 14.8. The lowest BCUT2D eigenvalue weighted by Crippen LogP contribution is -2.40. The zero-order valence-corrected chi connectivity index (χ0v) is 14.8. The molecular weight excluding hydrogens is 336 g/mol. The molecular formula is C21H23F2NO2. The summed E-state index contributed by atoms with van der Waals surface area (Å²) in [4.78, 5) is 14.6. The number of nitrogens with zero attached hydrogens (tertiary/aromatic N) is 1. The van der Waals surface area contributed by atoms with Gasteiger partial charge in [-0.1, -0.05) is 6.07 Å². The molecule has 26 heavy (non-hydrogen) atoms. The summed E-state index contributed by atoms with van der Waals surface area (Å²) in [5.74, 6) is -1.13. The van der Waals surface area contributed by atoms with Gasteiger partial charge in [0.05, 0.1) is 0 Å². The number of phenolic OH excluding ortho intramolecular Hbond substituents is 1. The van der Waals surface area contributed by atoms with Gasteiger partial charge in [0.2, 0.25) is 0 Å². The van der Waals surface area contributed by atoms with E-state index in [1.807, 2.05) is 4.90 Å². The van der Waals surface area contributed by atoms with Crippen LogP contribution in [0.15, 0.2) is 36.4 Å². The Bertz CT molecular complexity index is 807. The highest BCUT2D eigenvalue weighted by Gasteiger charge is 2.24. The standard InChI is InChI=1S/C21H23F2NO2/c1-14-11-17(7-9-20(14)25)21(26)24-10-2-3-16(13-24)5-4-15-6-8-18(22)19(23)12-15/h6-9,11-12,16,25H,2-5,10,13H2,1H3/t16-/m1/s1. The van der Waals surface area contributed by atoms with Crippen LogP contribution < -0.4 is 0 Å². The highest BCUT2D eigenvalue weighted by atomic mass is 19.2.